The maximum absolute atomic E-state index is 11.0. The molecule has 1 aromatic carbocycles. The van der Waals surface area contributed by atoms with E-state index in [4.69, 9.17) is 0 Å². The molecule has 1 aromatic rings. The van der Waals surface area contributed by atoms with Crippen molar-refractivity contribution in [3.63, 3.8) is 0 Å². The fourth-order valence-electron chi connectivity index (χ4n) is 1.17. The Hall–Kier alpha value is -0.960. The van der Waals surface area contributed by atoms with Crippen LogP contribution < -0.4 is 10.6 Å². The quantitative estimate of drug-likeness (QED) is 0.628. The molecule has 2 nitrogen and oxygen atoms in total. The molecule has 2 rings (SSSR count). The average molecular weight is 224 g/mol. The molecule has 0 bridgehead atoms. The van der Waals surface area contributed by atoms with Crippen LogP contribution in [0.4, 0.5) is 0 Å². The van der Waals surface area contributed by atoms with E-state index in [-0.39, 0.29) is 12.3 Å². The fraction of sp³-hybridized carbons (Fsp3) is 0.111. The van der Waals surface area contributed by atoms with Gasteiger partial charge in [0.2, 0.25) is 0 Å². The summed E-state index contributed by atoms with van der Waals surface area (Å²) in [5, 5.41) is 1.80. The second kappa shape index (κ2) is 2.83. The number of Topliss-reactive ketones (excluding diaryl/α,β-unsaturated/α-hetero) is 1. The number of hydrogen-bond donors (Lipinski definition) is 0. The molecule has 0 fully saturated rings. The Morgan fingerprint density at radius 1 is 1.42 bits per heavy atom. The van der Waals surface area contributed by atoms with Crippen LogP contribution in [0.2, 0.25) is 0 Å². The number of benzene rings is 1. The SMILES string of the molecule is O=C1C=c2cc(Br)ccc2=NC1. The molecule has 0 saturated carbocycles. The lowest BCUT2D eigenvalue weighted by Crippen LogP contribution is -2.30. The summed E-state index contributed by atoms with van der Waals surface area (Å²) >= 11 is 3.34. The summed E-state index contributed by atoms with van der Waals surface area (Å²) in [4.78, 5) is 15.1. The molecule has 1 aliphatic rings. The molecule has 1 aliphatic heterocycles. The van der Waals surface area contributed by atoms with E-state index >= 15 is 0 Å². The van der Waals surface area contributed by atoms with E-state index in [0.717, 1.165) is 15.0 Å². The van der Waals surface area contributed by atoms with Crippen LogP contribution in [0.5, 0.6) is 0 Å². The first-order valence-electron chi connectivity index (χ1n) is 3.60. The van der Waals surface area contributed by atoms with Crippen molar-refractivity contribution in [2.45, 2.75) is 0 Å². The van der Waals surface area contributed by atoms with E-state index in [1.807, 2.05) is 18.2 Å². The number of carbonyl (C=O) groups excluding carboxylic acids is 1. The summed E-state index contributed by atoms with van der Waals surface area (Å²) in [6.45, 7) is 0.286. The van der Waals surface area contributed by atoms with Crippen molar-refractivity contribution in [1.82, 2.24) is 0 Å². The number of fused-ring (bicyclic) bond motifs is 1. The Balaban J connectivity index is 2.81. The van der Waals surface area contributed by atoms with Gasteiger partial charge >= 0.3 is 0 Å². The zero-order valence-corrected chi connectivity index (χ0v) is 7.84. The van der Waals surface area contributed by atoms with E-state index in [2.05, 4.69) is 20.9 Å². The smallest absolute Gasteiger partial charge is 0.177 e. The maximum Gasteiger partial charge on any atom is 0.177 e. The highest BCUT2D eigenvalue weighted by atomic mass is 79.9. The predicted molar refractivity (Wildman–Crippen MR) is 49.3 cm³/mol. The highest BCUT2D eigenvalue weighted by molar-refractivity contribution is 9.10. The third-order valence-electron chi connectivity index (χ3n) is 1.71. The molecule has 0 amide bonds. The topological polar surface area (TPSA) is 29.4 Å². The Bertz CT molecular complexity index is 450. The Labute approximate surface area is 77.8 Å². The Morgan fingerprint density at radius 2 is 2.25 bits per heavy atom. The van der Waals surface area contributed by atoms with Crippen molar-refractivity contribution in [3.05, 3.63) is 33.2 Å². The molecule has 0 N–H and O–H groups in total. The number of ketones is 1. The van der Waals surface area contributed by atoms with Gasteiger partial charge in [-0.15, -0.1) is 0 Å². The van der Waals surface area contributed by atoms with Gasteiger partial charge < -0.3 is 0 Å². The fourth-order valence-corrected chi connectivity index (χ4v) is 1.55. The molecule has 0 aliphatic carbocycles. The molecule has 0 atom stereocenters. The van der Waals surface area contributed by atoms with Gasteiger partial charge in [0.25, 0.3) is 0 Å². The van der Waals surface area contributed by atoms with Crippen LogP contribution in [0.25, 0.3) is 6.08 Å². The standard InChI is InChI=1S/C9H6BrNO/c10-7-1-2-9-6(3-7)4-8(12)5-11-9/h1-4H,5H2. The van der Waals surface area contributed by atoms with Crippen LogP contribution in [-0.4, -0.2) is 12.3 Å². The zero-order valence-electron chi connectivity index (χ0n) is 6.25. The molecule has 60 valence electrons. The van der Waals surface area contributed by atoms with Gasteiger partial charge in [-0.3, -0.25) is 9.79 Å². The van der Waals surface area contributed by atoms with Crippen LogP contribution in [-0.2, 0) is 4.79 Å². The van der Waals surface area contributed by atoms with E-state index in [0.29, 0.717) is 0 Å². The number of nitrogens with zero attached hydrogens (tertiary/aromatic N) is 1. The van der Waals surface area contributed by atoms with Crippen molar-refractivity contribution >= 4 is 27.8 Å². The molecule has 0 radical (unpaired) electrons. The Morgan fingerprint density at radius 3 is 3.08 bits per heavy atom. The normalized spacial score (nSPS) is 14.6. The largest absolute Gasteiger partial charge is 0.293 e. The first-order chi connectivity index (χ1) is 5.75. The number of halogens is 1. The highest BCUT2D eigenvalue weighted by Crippen LogP contribution is 2.02. The van der Waals surface area contributed by atoms with Crippen LogP contribution in [0.1, 0.15) is 0 Å². The van der Waals surface area contributed by atoms with Gasteiger partial charge in [-0.25, -0.2) is 0 Å². The van der Waals surface area contributed by atoms with Crippen LogP contribution >= 0.6 is 15.9 Å². The molecule has 0 aromatic heterocycles. The number of hydrogen-bond acceptors (Lipinski definition) is 2. The monoisotopic (exact) mass is 223 g/mol. The zero-order chi connectivity index (χ0) is 8.55. The van der Waals surface area contributed by atoms with E-state index in [1.54, 1.807) is 6.08 Å². The molecular formula is C9H6BrNO. The van der Waals surface area contributed by atoms with E-state index < -0.39 is 0 Å². The molecule has 1 heterocycles. The lowest BCUT2D eigenvalue weighted by molar-refractivity contribution is -0.112. The minimum absolute atomic E-state index is 0.0700. The van der Waals surface area contributed by atoms with Gasteiger partial charge in [-0.2, -0.15) is 0 Å². The molecule has 12 heavy (non-hydrogen) atoms. The average Bonchev–Trinajstić information content (AvgIpc) is 2.03. The van der Waals surface area contributed by atoms with Crippen molar-refractivity contribution < 1.29 is 4.79 Å². The molecule has 3 heteroatoms. The van der Waals surface area contributed by atoms with Crippen LogP contribution in [0.3, 0.4) is 0 Å². The van der Waals surface area contributed by atoms with Gasteiger partial charge in [0.15, 0.2) is 5.78 Å². The highest BCUT2D eigenvalue weighted by Gasteiger charge is 2.01. The summed E-state index contributed by atoms with van der Waals surface area (Å²) in [6, 6.07) is 5.73. The van der Waals surface area contributed by atoms with Crippen LogP contribution in [0, 0.1) is 0 Å². The minimum atomic E-state index is 0.0700. The summed E-state index contributed by atoms with van der Waals surface area (Å²) in [5.41, 5.74) is 0. The Kier molecular flexibility index (Phi) is 1.81. The van der Waals surface area contributed by atoms with Crippen molar-refractivity contribution in [3.8, 4) is 0 Å². The predicted octanol–water partition coefficient (Wildman–Crippen LogP) is 0.432. The van der Waals surface area contributed by atoms with Gasteiger partial charge in [-0.1, -0.05) is 15.9 Å². The molecule has 0 spiro atoms. The summed E-state index contributed by atoms with van der Waals surface area (Å²) in [7, 11) is 0. The molecule has 0 saturated heterocycles. The first-order valence-corrected chi connectivity index (χ1v) is 4.39. The van der Waals surface area contributed by atoms with Crippen molar-refractivity contribution in [2.24, 2.45) is 4.99 Å². The van der Waals surface area contributed by atoms with Crippen molar-refractivity contribution in [2.75, 3.05) is 6.54 Å². The second-order valence-corrected chi connectivity index (χ2v) is 3.55. The van der Waals surface area contributed by atoms with Crippen LogP contribution in [0.15, 0.2) is 27.7 Å². The number of carbonyl (C=O) groups is 1. The van der Waals surface area contributed by atoms with E-state index in [9.17, 15) is 4.79 Å². The molecular weight excluding hydrogens is 218 g/mol. The summed E-state index contributed by atoms with van der Waals surface area (Å²) in [6.07, 6.45) is 1.63. The lowest BCUT2D eigenvalue weighted by atomic mass is 10.2. The summed E-state index contributed by atoms with van der Waals surface area (Å²) < 4.78 is 0.974. The van der Waals surface area contributed by atoms with Gasteiger partial charge in [0.1, 0.15) is 6.54 Å². The number of rotatable bonds is 0. The summed E-state index contributed by atoms with van der Waals surface area (Å²) in [5.74, 6) is 0.0700. The van der Waals surface area contributed by atoms with Crippen molar-refractivity contribution in [1.29, 1.82) is 0 Å². The third-order valence-corrected chi connectivity index (χ3v) is 2.20. The lowest BCUT2D eigenvalue weighted by Gasteiger charge is -1.98. The van der Waals surface area contributed by atoms with Gasteiger partial charge in [-0.05, 0) is 24.3 Å². The van der Waals surface area contributed by atoms with E-state index in [1.165, 1.54) is 0 Å². The minimum Gasteiger partial charge on any atom is -0.293 e. The molecule has 0 unspecified atom stereocenters. The third kappa shape index (κ3) is 1.32. The van der Waals surface area contributed by atoms with Gasteiger partial charge in [0.05, 0.1) is 5.36 Å². The van der Waals surface area contributed by atoms with Gasteiger partial charge in [0, 0.05) is 9.69 Å². The maximum atomic E-state index is 11.0. The first kappa shape index (κ1) is 7.68. The second-order valence-electron chi connectivity index (χ2n) is 2.63.